The quantitative estimate of drug-likeness (QED) is 0.807. The number of fused-ring (bicyclic) bond motifs is 1. The number of hydrogen-bond acceptors (Lipinski definition) is 2. The van der Waals surface area contributed by atoms with Crippen LogP contribution in [0.15, 0.2) is 53.3 Å². The summed E-state index contributed by atoms with van der Waals surface area (Å²) in [6.45, 7) is 4.32. The smallest absolute Gasteiger partial charge is 0.335 e. The van der Waals surface area contributed by atoms with Gasteiger partial charge in [-0.3, -0.25) is 4.79 Å². The van der Waals surface area contributed by atoms with Gasteiger partial charge in [0.25, 0.3) is 5.56 Å². The molecule has 23 heavy (non-hydrogen) atoms. The Labute approximate surface area is 133 Å². The molecule has 2 aromatic carbocycles. The summed E-state index contributed by atoms with van der Waals surface area (Å²) in [4.78, 5) is 23.6. The molecule has 1 heterocycles. The summed E-state index contributed by atoms with van der Waals surface area (Å²) >= 11 is 0. The lowest BCUT2D eigenvalue weighted by molar-refractivity contribution is 0.0697. The van der Waals surface area contributed by atoms with E-state index < -0.39 is 5.97 Å². The van der Waals surface area contributed by atoms with Crippen LogP contribution in [0.1, 0.15) is 27.0 Å². The lowest BCUT2D eigenvalue weighted by Crippen LogP contribution is -2.21. The molecule has 4 nitrogen and oxygen atoms in total. The van der Waals surface area contributed by atoms with Gasteiger partial charge in [0.2, 0.25) is 0 Å². The second-order valence-electron chi connectivity index (χ2n) is 5.72. The van der Waals surface area contributed by atoms with E-state index >= 15 is 0 Å². The number of aryl methyl sites for hydroxylation is 2. The van der Waals surface area contributed by atoms with Gasteiger partial charge in [-0.05, 0) is 54.1 Å². The first-order valence-electron chi connectivity index (χ1n) is 7.39. The number of rotatable bonds is 3. The molecular weight excluding hydrogens is 290 g/mol. The predicted octanol–water partition coefficient (Wildman–Crippen LogP) is 3.36. The Hall–Kier alpha value is -2.88. The number of aromatic carboxylic acids is 1. The zero-order valence-corrected chi connectivity index (χ0v) is 13.0. The molecule has 0 aliphatic rings. The number of pyridine rings is 1. The Bertz CT molecular complexity index is 970. The molecule has 3 rings (SSSR count). The maximum Gasteiger partial charge on any atom is 0.335 e. The third-order valence-electron chi connectivity index (χ3n) is 4.11. The number of nitrogens with zero attached hydrogens (tertiary/aromatic N) is 1. The molecule has 0 spiro atoms. The first-order valence-corrected chi connectivity index (χ1v) is 7.39. The summed E-state index contributed by atoms with van der Waals surface area (Å²) in [6.07, 6.45) is 0. The second kappa shape index (κ2) is 5.72. The Morgan fingerprint density at radius 2 is 1.78 bits per heavy atom. The second-order valence-corrected chi connectivity index (χ2v) is 5.72. The van der Waals surface area contributed by atoms with E-state index in [0.717, 1.165) is 27.6 Å². The van der Waals surface area contributed by atoms with Crippen molar-refractivity contribution >= 4 is 16.9 Å². The molecule has 3 aromatic rings. The first-order chi connectivity index (χ1) is 11.0. The number of carboxylic acids is 1. The van der Waals surface area contributed by atoms with Gasteiger partial charge < -0.3 is 9.67 Å². The highest BCUT2D eigenvalue weighted by Gasteiger charge is 2.11. The minimum atomic E-state index is -0.966. The van der Waals surface area contributed by atoms with Crippen LogP contribution in [0.3, 0.4) is 0 Å². The molecule has 0 saturated heterocycles. The Balaban J connectivity index is 2.24. The largest absolute Gasteiger partial charge is 0.478 e. The molecule has 0 amide bonds. The van der Waals surface area contributed by atoms with Crippen molar-refractivity contribution in [1.29, 1.82) is 0 Å². The monoisotopic (exact) mass is 307 g/mol. The number of hydrogen-bond donors (Lipinski definition) is 1. The van der Waals surface area contributed by atoms with Crippen molar-refractivity contribution in [3.05, 3.63) is 81.1 Å². The fourth-order valence-electron chi connectivity index (χ4n) is 2.90. The van der Waals surface area contributed by atoms with Crippen LogP contribution >= 0.6 is 0 Å². The summed E-state index contributed by atoms with van der Waals surface area (Å²) in [6, 6.07) is 14.3. The topological polar surface area (TPSA) is 59.3 Å². The van der Waals surface area contributed by atoms with E-state index in [9.17, 15) is 14.7 Å². The molecule has 0 aliphatic heterocycles. The molecule has 0 atom stereocenters. The normalized spacial score (nSPS) is 10.9. The molecule has 0 aliphatic carbocycles. The van der Waals surface area contributed by atoms with Crippen LogP contribution < -0.4 is 5.56 Å². The number of carbonyl (C=O) groups is 1. The van der Waals surface area contributed by atoms with Gasteiger partial charge in [0.15, 0.2) is 0 Å². The van der Waals surface area contributed by atoms with Crippen molar-refractivity contribution in [2.45, 2.75) is 20.4 Å². The van der Waals surface area contributed by atoms with Crippen LogP contribution in [0.2, 0.25) is 0 Å². The maximum absolute atomic E-state index is 12.4. The lowest BCUT2D eigenvalue weighted by atomic mass is 10.0. The van der Waals surface area contributed by atoms with Crippen LogP contribution in [-0.4, -0.2) is 15.6 Å². The highest BCUT2D eigenvalue weighted by atomic mass is 16.4. The van der Waals surface area contributed by atoms with Crippen molar-refractivity contribution in [1.82, 2.24) is 4.57 Å². The first kappa shape index (κ1) is 15.0. The van der Waals surface area contributed by atoms with Crippen molar-refractivity contribution in [2.75, 3.05) is 0 Å². The summed E-state index contributed by atoms with van der Waals surface area (Å²) in [7, 11) is 0. The van der Waals surface area contributed by atoms with Crippen LogP contribution in [0.4, 0.5) is 0 Å². The Morgan fingerprint density at radius 1 is 1.04 bits per heavy atom. The zero-order chi connectivity index (χ0) is 16.6. The summed E-state index contributed by atoms with van der Waals surface area (Å²) < 4.78 is 1.71. The Morgan fingerprint density at radius 3 is 2.48 bits per heavy atom. The van der Waals surface area contributed by atoms with Crippen molar-refractivity contribution < 1.29 is 9.90 Å². The average molecular weight is 307 g/mol. The lowest BCUT2D eigenvalue weighted by Gasteiger charge is -2.14. The molecule has 0 bridgehead atoms. The van der Waals surface area contributed by atoms with Crippen molar-refractivity contribution in [3.8, 4) is 0 Å². The standard InChI is InChI=1S/C19H17NO3/c1-12-5-3-4-6-15(12)11-20-17(21)8-7-14-10-16(19(22)23)9-13(2)18(14)20/h3-10H,11H2,1-2H3,(H,22,23). The van der Waals surface area contributed by atoms with E-state index in [1.807, 2.05) is 38.1 Å². The van der Waals surface area contributed by atoms with E-state index in [0.29, 0.717) is 6.54 Å². The molecule has 0 radical (unpaired) electrons. The molecule has 116 valence electrons. The molecule has 0 fully saturated rings. The van der Waals surface area contributed by atoms with Gasteiger partial charge in [-0.2, -0.15) is 0 Å². The van der Waals surface area contributed by atoms with E-state index in [4.69, 9.17) is 0 Å². The third-order valence-corrected chi connectivity index (χ3v) is 4.11. The van der Waals surface area contributed by atoms with Crippen molar-refractivity contribution in [3.63, 3.8) is 0 Å². The van der Waals surface area contributed by atoms with Gasteiger partial charge in [0.05, 0.1) is 17.6 Å². The average Bonchev–Trinajstić information content (AvgIpc) is 2.51. The van der Waals surface area contributed by atoms with Crippen LogP contribution in [0.5, 0.6) is 0 Å². The molecule has 1 N–H and O–H groups in total. The van der Waals surface area contributed by atoms with E-state index in [2.05, 4.69) is 0 Å². The predicted molar refractivity (Wildman–Crippen MR) is 90.2 cm³/mol. The third kappa shape index (κ3) is 2.75. The number of carboxylic acid groups (broad SMARTS) is 1. The fraction of sp³-hybridized carbons (Fsp3) is 0.158. The van der Waals surface area contributed by atoms with Crippen LogP contribution in [-0.2, 0) is 6.54 Å². The molecule has 1 aromatic heterocycles. The number of benzene rings is 2. The minimum Gasteiger partial charge on any atom is -0.478 e. The van der Waals surface area contributed by atoms with Gasteiger partial charge in [-0.25, -0.2) is 4.79 Å². The van der Waals surface area contributed by atoms with E-state index in [1.165, 1.54) is 6.07 Å². The van der Waals surface area contributed by atoms with Crippen molar-refractivity contribution in [2.24, 2.45) is 0 Å². The molecular formula is C19H17NO3. The minimum absolute atomic E-state index is 0.0908. The van der Waals surface area contributed by atoms with Gasteiger partial charge >= 0.3 is 5.97 Å². The molecule has 0 saturated carbocycles. The summed E-state index contributed by atoms with van der Waals surface area (Å²) in [5.74, 6) is -0.966. The molecule has 4 heteroatoms. The Kier molecular flexibility index (Phi) is 3.74. The molecule has 0 unspecified atom stereocenters. The highest BCUT2D eigenvalue weighted by Crippen LogP contribution is 2.21. The van der Waals surface area contributed by atoms with Gasteiger partial charge in [0.1, 0.15) is 0 Å². The highest BCUT2D eigenvalue weighted by molar-refractivity contribution is 5.94. The van der Waals surface area contributed by atoms with Crippen LogP contribution in [0.25, 0.3) is 10.9 Å². The van der Waals surface area contributed by atoms with Gasteiger partial charge in [-0.15, -0.1) is 0 Å². The summed E-state index contributed by atoms with van der Waals surface area (Å²) in [5.41, 5.74) is 3.90. The van der Waals surface area contributed by atoms with Gasteiger partial charge in [0, 0.05) is 6.07 Å². The van der Waals surface area contributed by atoms with E-state index in [1.54, 1.807) is 22.8 Å². The SMILES string of the molecule is Cc1ccccc1Cn1c(=O)ccc2cc(C(=O)O)cc(C)c21. The zero-order valence-electron chi connectivity index (χ0n) is 13.0. The summed E-state index contributed by atoms with van der Waals surface area (Å²) in [5, 5.41) is 9.96. The maximum atomic E-state index is 12.4. The van der Waals surface area contributed by atoms with Gasteiger partial charge in [-0.1, -0.05) is 24.3 Å². The van der Waals surface area contributed by atoms with Crippen LogP contribution in [0, 0.1) is 13.8 Å². The number of aromatic nitrogens is 1. The fourth-order valence-corrected chi connectivity index (χ4v) is 2.90. The van der Waals surface area contributed by atoms with E-state index in [-0.39, 0.29) is 11.1 Å².